The number of aliphatic carboxylic acids is 1. The predicted octanol–water partition coefficient (Wildman–Crippen LogP) is 1.55. The third-order valence-corrected chi connectivity index (χ3v) is 4.53. The van der Waals surface area contributed by atoms with E-state index in [4.69, 9.17) is 5.11 Å². The fraction of sp³-hybridized carbons (Fsp3) is 0.692. The Morgan fingerprint density at radius 2 is 2.10 bits per heavy atom. The molecule has 0 amide bonds. The SMILES string of the molecule is Cn1cc([N+](=O)[O-])c(N2C3CCC2CC(CC(=O)O)C3)n1. The lowest BCUT2D eigenvalue weighted by atomic mass is 9.88. The third kappa shape index (κ3) is 2.45. The first-order chi connectivity index (χ1) is 9.95. The topological polar surface area (TPSA) is 102 Å². The summed E-state index contributed by atoms with van der Waals surface area (Å²) in [6.07, 6.45) is 5.07. The first kappa shape index (κ1) is 13.8. The Bertz CT molecular complexity index is 571. The lowest BCUT2D eigenvalue weighted by Crippen LogP contribution is -2.44. The maximum Gasteiger partial charge on any atom is 0.330 e. The summed E-state index contributed by atoms with van der Waals surface area (Å²) in [4.78, 5) is 23.7. The van der Waals surface area contributed by atoms with E-state index >= 15 is 0 Å². The van der Waals surface area contributed by atoms with Gasteiger partial charge in [0.1, 0.15) is 6.20 Å². The van der Waals surface area contributed by atoms with E-state index in [0.29, 0.717) is 5.82 Å². The van der Waals surface area contributed by atoms with Gasteiger partial charge in [-0.3, -0.25) is 19.6 Å². The number of anilines is 1. The number of carbonyl (C=O) groups is 1. The van der Waals surface area contributed by atoms with Crippen molar-refractivity contribution in [3.8, 4) is 0 Å². The molecule has 21 heavy (non-hydrogen) atoms. The van der Waals surface area contributed by atoms with Crippen LogP contribution in [0.5, 0.6) is 0 Å². The quantitative estimate of drug-likeness (QED) is 0.667. The highest BCUT2D eigenvalue weighted by Gasteiger charge is 2.44. The lowest BCUT2D eigenvalue weighted by Gasteiger charge is -2.38. The van der Waals surface area contributed by atoms with Gasteiger partial charge in [-0.2, -0.15) is 0 Å². The molecule has 0 aliphatic carbocycles. The molecule has 2 unspecified atom stereocenters. The second kappa shape index (κ2) is 5.01. The standard InChI is InChI=1S/C13H18N4O4/c1-15-7-11(17(20)21)13(14-15)16-9-2-3-10(16)5-8(4-9)6-12(18)19/h7-10H,2-6H2,1H3,(H,18,19). The third-order valence-electron chi connectivity index (χ3n) is 4.53. The number of fused-ring (bicyclic) bond motifs is 2. The fourth-order valence-corrected chi connectivity index (χ4v) is 3.83. The molecule has 8 nitrogen and oxygen atoms in total. The molecule has 2 bridgehead atoms. The van der Waals surface area contributed by atoms with Crippen LogP contribution >= 0.6 is 0 Å². The summed E-state index contributed by atoms with van der Waals surface area (Å²) in [6.45, 7) is 0. The van der Waals surface area contributed by atoms with Crippen LogP contribution in [-0.2, 0) is 11.8 Å². The van der Waals surface area contributed by atoms with Gasteiger partial charge in [0.05, 0.1) is 4.92 Å². The second-order valence-corrected chi connectivity index (χ2v) is 6.00. The van der Waals surface area contributed by atoms with Gasteiger partial charge in [-0.05, 0) is 31.6 Å². The zero-order chi connectivity index (χ0) is 15.1. The van der Waals surface area contributed by atoms with Gasteiger partial charge in [0.2, 0.25) is 5.82 Å². The zero-order valence-electron chi connectivity index (χ0n) is 11.8. The number of hydrogen-bond acceptors (Lipinski definition) is 5. The number of hydrogen-bond donors (Lipinski definition) is 1. The van der Waals surface area contributed by atoms with Gasteiger partial charge >= 0.3 is 11.7 Å². The predicted molar refractivity (Wildman–Crippen MR) is 74.1 cm³/mol. The van der Waals surface area contributed by atoms with Gasteiger partial charge in [0, 0.05) is 25.6 Å². The van der Waals surface area contributed by atoms with Crippen LogP contribution in [0.1, 0.15) is 32.1 Å². The minimum Gasteiger partial charge on any atom is -0.481 e. The van der Waals surface area contributed by atoms with Gasteiger partial charge < -0.3 is 10.0 Å². The average Bonchev–Trinajstić information content (AvgIpc) is 2.87. The molecule has 0 saturated carbocycles. The molecule has 1 N–H and O–H groups in total. The molecular weight excluding hydrogens is 276 g/mol. The average molecular weight is 294 g/mol. The van der Waals surface area contributed by atoms with Gasteiger partial charge in [0.25, 0.3) is 0 Å². The number of aromatic nitrogens is 2. The van der Waals surface area contributed by atoms with Gasteiger partial charge in [0.15, 0.2) is 0 Å². The Morgan fingerprint density at radius 1 is 1.48 bits per heavy atom. The van der Waals surface area contributed by atoms with Crippen molar-refractivity contribution in [2.24, 2.45) is 13.0 Å². The van der Waals surface area contributed by atoms with E-state index < -0.39 is 10.9 Å². The minimum atomic E-state index is -0.767. The maximum absolute atomic E-state index is 11.2. The highest BCUT2D eigenvalue weighted by Crippen LogP contribution is 2.44. The lowest BCUT2D eigenvalue weighted by molar-refractivity contribution is -0.384. The van der Waals surface area contributed by atoms with Crippen LogP contribution in [0.25, 0.3) is 0 Å². The molecule has 1 aromatic rings. The van der Waals surface area contributed by atoms with Gasteiger partial charge in [-0.1, -0.05) is 0 Å². The Labute approximate surface area is 121 Å². The number of nitro groups is 1. The highest BCUT2D eigenvalue weighted by molar-refractivity contribution is 5.67. The Balaban J connectivity index is 1.85. The van der Waals surface area contributed by atoms with Crippen LogP contribution in [-0.4, -0.2) is 37.9 Å². The number of piperidine rings is 1. The largest absolute Gasteiger partial charge is 0.481 e. The molecule has 114 valence electrons. The van der Waals surface area contributed by atoms with Crippen LogP contribution in [0, 0.1) is 16.0 Å². The Morgan fingerprint density at radius 3 is 2.62 bits per heavy atom. The smallest absolute Gasteiger partial charge is 0.330 e. The molecule has 1 aromatic heterocycles. The number of aryl methyl sites for hydroxylation is 1. The van der Waals surface area contributed by atoms with Crippen molar-refractivity contribution in [2.75, 3.05) is 4.90 Å². The van der Waals surface area contributed by atoms with Crippen molar-refractivity contribution in [3.05, 3.63) is 16.3 Å². The van der Waals surface area contributed by atoms with Crippen molar-refractivity contribution >= 4 is 17.5 Å². The van der Waals surface area contributed by atoms with E-state index in [1.54, 1.807) is 7.05 Å². The van der Waals surface area contributed by atoms with Crippen molar-refractivity contribution in [1.82, 2.24) is 9.78 Å². The number of rotatable bonds is 4. The summed E-state index contributed by atoms with van der Waals surface area (Å²) in [5, 5.41) is 24.4. The van der Waals surface area contributed by atoms with E-state index in [-0.39, 0.29) is 30.1 Å². The van der Waals surface area contributed by atoms with E-state index in [0.717, 1.165) is 25.7 Å². The zero-order valence-corrected chi connectivity index (χ0v) is 11.8. The molecule has 3 rings (SSSR count). The van der Waals surface area contributed by atoms with Crippen molar-refractivity contribution < 1.29 is 14.8 Å². The fourth-order valence-electron chi connectivity index (χ4n) is 3.83. The maximum atomic E-state index is 11.2. The monoisotopic (exact) mass is 294 g/mol. The van der Waals surface area contributed by atoms with Crippen LogP contribution < -0.4 is 4.90 Å². The summed E-state index contributed by atoms with van der Waals surface area (Å²) in [6, 6.07) is 0.336. The molecule has 2 atom stereocenters. The van der Waals surface area contributed by atoms with Crippen LogP contribution in [0.2, 0.25) is 0 Å². The van der Waals surface area contributed by atoms with Crippen molar-refractivity contribution in [2.45, 2.75) is 44.2 Å². The van der Waals surface area contributed by atoms with Crippen LogP contribution in [0.4, 0.5) is 11.5 Å². The first-order valence-electron chi connectivity index (χ1n) is 7.14. The molecule has 0 aromatic carbocycles. The van der Waals surface area contributed by atoms with E-state index in [2.05, 4.69) is 10.00 Å². The summed E-state index contributed by atoms with van der Waals surface area (Å²) < 4.78 is 1.47. The van der Waals surface area contributed by atoms with Gasteiger partial charge in [-0.25, -0.2) is 0 Å². The number of carboxylic acids is 1. The molecular formula is C13H18N4O4. The molecule has 2 aliphatic rings. The molecule has 2 aliphatic heterocycles. The van der Waals surface area contributed by atoms with Crippen molar-refractivity contribution in [1.29, 1.82) is 0 Å². The first-order valence-corrected chi connectivity index (χ1v) is 7.14. The molecule has 0 radical (unpaired) electrons. The number of carboxylic acid groups (broad SMARTS) is 1. The van der Waals surface area contributed by atoms with E-state index in [1.165, 1.54) is 10.9 Å². The molecule has 0 spiro atoms. The van der Waals surface area contributed by atoms with Crippen molar-refractivity contribution in [3.63, 3.8) is 0 Å². The molecule has 2 saturated heterocycles. The molecule has 2 fully saturated rings. The Kier molecular flexibility index (Phi) is 3.30. The Hall–Kier alpha value is -2.12. The summed E-state index contributed by atoms with van der Waals surface area (Å²) in [5.41, 5.74) is 0.0334. The second-order valence-electron chi connectivity index (χ2n) is 6.00. The highest BCUT2D eigenvalue weighted by atomic mass is 16.6. The van der Waals surface area contributed by atoms with Crippen LogP contribution in [0.15, 0.2) is 6.20 Å². The van der Waals surface area contributed by atoms with Gasteiger partial charge in [-0.15, -0.1) is 5.10 Å². The van der Waals surface area contributed by atoms with E-state index in [9.17, 15) is 14.9 Å². The normalized spacial score (nSPS) is 27.9. The minimum absolute atomic E-state index is 0.0334. The van der Waals surface area contributed by atoms with Crippen LogP contribution in [0.3, 0.4) is 0 Å². The molecule has 3 heterocycles. The summed E-state index contributed by atoms with van der Waals surface area (Å²) in [5.74, 6) is -0.167. The van der Waals surface area contributed by atoms with E-state index in [1.807, 2.05) is 0 Å². The summed E-state index contributed by atoms with van der Waals surface area (Å²) >= 11 is 0. The molecule has 8 heteroatoms. The summed E-state index contributed by atoms with van der Waals surface area (Å²) in [7, 11) is 1.68. The number of nitrogens with zero attached hydrogens (tertiary/aromatic N) is 4.